The summed E-state index contributed by atoms with van der Waals surface area (Å²) >= 11 is 0. The molecule has 1 heterocycles. The average Bonchev–Trinajstić information content (AvgIpc) is 3.06. The van der Waals surface area contributed by atoms with Crippen molar-refractivity contribution in [1.29, 1.82) is 0 Å². The number of methoxy groups -OCH3 is 1. The zero-order valence-corrected chi connectivity index (χ0v) is 13.8. The smallest absolute Gasteiger partial charge is 0.223 e. The predicted octanol–water partition coefficient (Wildman–Crippen LogP) is 3.31. The molecule has 0 spiro atoms. The third-order valence-corrected chi connectivity index (χ3v) is 3.59. The van der Waals surface area contributed by atoms with E-state index in [9.17, 15) is 9.50 Å². The normalized spacial score (nSPS) is 12.0. The van der Waals surface area contributed by atoms with Crippen LogP contribution in [-0.4, -0.2) is 29.0 Å². The molecule has 0 amide bonds. The van der Waals surface area contributed by atoms with E-state index in [1.54, 1.807) is 31.2 Å². The number of aromatic nitrogens is 2. The first kappa shape index (κ1) is 16.9. The molecule has 1 unspecified atom stereocenters. The number of ether oxygens (including phenoxy) is 2. The highest BCUT2D eigenvalue weighted by Crippen LogP contribution is 2.25. The Hall–Kier alpha value is -2.93. The monoisotopic (exact) mass is 344 g/mol. The second kappa shape index (κ2) is 7.31. The summed E-state index contributed by atoms with van der Waals surface area (Å²) in [5.74, 6) is 1.06. The van der Waals surface area contributed by atoms with E-state index in [4.69, 9.17) is 14.0 Å². The van der Waals surface area contributed by atoms with Crippen molar-refractivity contribution in [3.8, 4) is 22.9 Å². The lowest BCUT2D eigenvalue weighted by atomic mass is 10.1. The fourth-order valence-electron chi connectivity index (χ4n) is 2.30. The van der Waals surface area contributed by atoms with Crippen LogP contribution < -0.4 is 9.47 Å². The van der Waals surface area contributed by atoms with Gasteiger partial charge in [-0.2, -0.15) is 4.98 Å². The van der Waals surface area contributed by atoms with Gasteiger partial charge in [0.15, 0.2) is 11.6 Å². The molecule has 3 rings (SSSR count). The van der Waals surface area contributed by atoms with Crippen molar-refractivity contribution >= 4 is 0 Å². The molecule has 0 fully saturated rings. The van der Waals surface area contributed by atoms with E-state index in [1.807, 2.05) is 6.07 Å². The maximum atomic E-state index is 13.7. The lowest BCUT2D eigenvalue weighted by Gasteiger charge is -2.14. The number of aliphatic hydroxyl groups excluding tert-OH is 1. The van der Waals surface area contributed by atoms with Crippen LogP contribution in [0.2, 0.25) is 0 Å². The van der Waals surface area contributed by atoms with E-state index < -0.39 is 11.9 Å². The zero-order valence-electron chi connectivity index (χ0n) is 13.8. The van der Waals surface area contributed by atoms with Gasteiger partial charge in [0.2, 0.25) is 11.7 Å². The number of nitrogens with zero attached hydrogens (tertiary/aromatic N) is 2. The third kappa shape index (κ3) is 3.95. The van der Waals surface area contributed by atoms with Crippen molar-refractivity contribution in [3.05, 3.63) is 59.7 Å². The van der Waals surface area contributed by atoms with E-state index in [1.165, 1.54) is 19.2 Å². The number of aryl methyl sites for hydroxylation is 1. The van der Waals surface area contributed by atoms with Crippen molar-refractivity contribution in [1.82, 2.24) is 10.1 Å². The molecule has 1 aromatic heterocycles. The van der Waals surface area contributed by atoms with Gasteiger partial charge in [0.1, 0.15) is 18.5 Å². The number of benzene rings is 2. The molecule has 0 aliphatic carbocycles. The summed E-state index contributed by atoms with van der Waals surface area (Å²) in [5, 5.41) is 14.0. The van der Waals surface area contributed by atoms with Crippen molar-refractivity contribution in [2.24, 2.45) is 0 Å². The maximum Gasteiger partial charge on any atom is 0.223 e. The van der Waals surface area contributed by atoms with Crippen molar-refractivity contribution in [3.63, 3.8) is 0 Å². The summed E-state index contributed by atoms with van der Waals surface area (Å²) < 4.78 is 29.1. The predicted molar refractivity (Wildman–Crippen MR) is 87.9 cm³/mol. The third-order valence-electron chi connectivity index (χ3n) is 3.59. The Morgan fingerprint density at radius 1 is 1.24 bits per heavy atom. The molecule has 1 atom stereocenters. The number of halogens is 1. The minimum absolute atomic E-state index is 0.0273. The van der Waals surface area contributed by atoms with Crippen LogP contribution in [0.4, 0.5) is 4.39 Å². The van der Waals surface area contributed by atoms with Gasteiger partial charge < -0.3 is 19.1 Å². The molecule has 7 heteroatoms. The van der Waals surface area contributed by atoms with Crippen LogP contribution in [0.25, 0.3) is 11.4 Å². The molecule has 0 aliphatic rings. The Bertz CT molecular complexity index is 866. The standard InChI is InChI=1S/C18H17FN2O4/c1-11-20-18(21-25-11)13-4-3-5-14(8-13)24-10-16(22)12-6-7-17(23-2)15(19)9-12/h3-9,16,22H,10H2,1-2H3. The van der Waals surface area contributed by atoms with Gasteiger partial charge in [0.05, 0.1) is 7.11 Å². The molecule has 1 N–H and O–H groups in total. The molecule has 3 aromatic rings. The molecule has 0 saturated carbocycles. The maximum absolute atomic E-state index is 13.7. The van der Waals surface area contributed by atoms with Gasteiger partial charge in [-0.25, -0.2) is 4.39 Å². The lowest BCUT2D eigenvalue weighted by molar-refractivity contribution is 0.108. The molecule has 0 bridgehead atoms. The Balaban J connectivity index is 1.68. The molecule has 2 aromatic carbocycles. The van der Waals surface area contributed by atoms with E-state index in [2.05, 4.69) is 10.1 Å². The summed E-state index contributed by atoms with van der Waals surface area (Å²) in [6.45, 7) is 1.68. The SMILES string of the molecule is COc1ccc(C(O)COc2cccc(-c3noc(C)n3)c2)cc1F. The van der Waals surface area contributed by atoms with Gasteiger partial charge in [0, 0.05) is 12.5 Å². The van der Waals surface area contributed by atoms with Crippen LogP contribution in [0.15, 0.2) is 47.0 Å². The Kier molecular flexibility index (Phi) is 4.95. The lowest BCUT2D eigenvalue weighted by Crippen LogP contribution is -2.10. The van der Waals surface area contributed by atoms with Crippen LogP contribution >= 0.6 is 0 Å². The van der Waals surface area contributed by atoms with Gasteiger partial charge in [-0.15, -0.1) is 0 Å². The highest BCUT2D eigenvalue weighted by molar-refractivity contribution is 5.56. The molecule has 0 saturated heterocycles. The minimum Gasteiger partial charge on any atom is -0.494 e. The molecular formula is C18H17FN2O4. The second-order valence-electron chi connectivity index (χ2n) is 5.39. The Morgan fingerprint density at radius 2 is 2.08 bits per heavy atom. The van der Waals surface area contributed by atoms with Crippen molar-refractivity contribution in [2.75, 3.05) is 13.7 Å². The topological polar surface area (TPSA) is 77.6 Å². The van der Waals surface area contributed by atoms with Crippen LogP contribution in [0, 0.1) is 12.7 Å². The summed E-state index contributed by atoms with van der Waals surface area (Å²) in [5.41, 5.74) is 1.14. The van der Waals surface area contributed by atoms with Crippen LogP contribution in [-0.2, 0) is 0 Å². The molecule has 0 aliphatic heterocycles. The first-order valence-electron chi connectivity index (χ1n) is 7.62. The highest BCUT2D eigenvalue weighted by atomic mass is 19.1. The van der Waals surface area contributed by atoms with E-state index in [0.717, 1.165) is 5.56 Å². The zero-order chi connectivity index (χ0) is 17.8. The number of hydrogen-bond acceptors (Lipinski definition) is 6. The largest absolute Gasteiger partial charge is 0.494 e. The van der Waals surface area contributed by atoms with Gasteiger partial charge in [-0.1, -0.05) is 23.4 Å². The number of aliphatic hydroxyl groups is 1. The number of hydrogen-bond donors (Lipinski definition) is 1. The number of rotatable bonds is 6. The van der Waals surface area contributed by atoms with Gasteiger partial charge in [-0.3, -0.25) is 0 Å². The van der Waals surface area contributed by atoms with Gasteiger partial charge in [0.25, 0.3) is 0 Å². The summed E-state index contributed by atoms with van der Waals surface area (Å²) in [7, 11) is 1.38. The fourth-order valence-corrected chi connectivity index (χ4v) is 2.30. The first-order chi connectivity index (χ1) is 12.1. The van der Waals surface area contributed by atoms with E-state index >= 15 is 0 Å². The van der Waals surface area contributed by atoms with Crippen molar-refractivity contribution in [2.45, 2.75) is 13.0 Å². The first-order valence-corrected chi connectivity index (χ1v) is 7.62. The van der Waals surface area contributed by atoms with Gasteiger partial charge in [-0.05, 0) is 29.8 Å². The van der Waals surface area contributed by atoms with Crippen LogP contribution in [0.5, 0.6) is 11.5 Å². The quantitative estimate of drug-likeness (QED) is 0.739. The minimum atomic E-state index is -0.975. The second-order valence-corrected chi connectivity index (χ2v) is 5.39. The molecule has 25 heavy (non-hydrogen) atoms. The molecular weight excluding hydrogens is 327 g/mol. The summed E-state index contributed by atoms with van der Waals surface area (Å²) in [6, 6.07) is 11.4. The van der Waals surface area contributed by atoms with Crippen molar-refractivity contribution < 1.29 is 23.5 Å². The fraction of sp³-hybridized carbons (Fsp3) is 0.222. The molecule has 6 nitrogen and oxygen atoms in total. The average molecular weight is 344 g/mol. The summed E-state index contributed by atoms with van der Waals surface area (Å²) in [4.78, 5) is 4.15. The molecule has 0 radical (unpaired) electrons. The highest BCUT2D eigenvalue weighted by Gasteiger charge is 2.13. The van der Waals surface area contributed by atoms with E-state index in [-0.39, 0.29) is 12.4 Å². The Labute approximate surface area is 143 Å². The Morgan fingerprint density at radius 3 is 2.76 bits per heavy atom. The molecule has 130 valence electrons. The van der Waals surface area contributed by atoms with Crippen LogP contribution in [0.1, 0.15) is 17.6 Å². The van der Waals surface area contributed by atoms with E-state index in [0.29, 0.717) is 23.0 Å². The summed E-state index contributed by atoms with van der Waals surface area (Å²) in [6.07, 6.45) is -0.975. The van der Waals surface area contributed by atoms with Gasteiger partial charge >= 0.3 is 0 Å². The van der Waals surface area contributed by atoms with Crippen LogP contribution in [0.3, 0.4) is 0 Å².